The van der Waals surface area contributed by atoms with Gasteiger partial charge in [-0.25, -0.2) is 9.79 Å². The third kappa shape index (κ3) is 3.24. The molecular formula is C20H15N3O3S. The average molecular weight is 377 g/mol. The van der Waals surface area contributed by atoms with Crippen LogP contribution >= 0.6 is 11.8 Å². The number of aromatic carboxylic acids is 1. The van der Waals surface area contributed by atoms with Crippen molar-refractivity contribution in [3.05, 3.63) is 70.8 Å². The summed E-state index contributed by atoms with van der Waals surface area (Å²) >= 11 is 1.19. The van der Waals surface area contributed by atoms with Gasteiger partial charge >= 0.3 is 5.97 Å². The number of aromatic nitrogens is 1. The van der Waals surface area contributed by atoms with Crippen LogP contribution in [0.15, 0.2) is 64.6 Å². The van der Waals surface area contributed by atoms with Gasteiger partial charge in [0, 0.05) is 29.7 Å². The second-order valence-electron chi connectivity index (χ2n) is 6.02. The number of carboxylic acids is 1. The number of hydrogen-bond acceptors (Lipinski definition) is 4. The van der Waals surface area contributed by atoms with Crippen LogP contribution in [-0.4, -0.2) is 26.7 Å². The fraction of sp³-hybridized carbons (Fsp3) is 0.0500. The van der Waals surface area contributed by atoms with E-state index in [4.69, 9.17) is 0 Å². The van der Waals surface area contributed by atoms with E-state index in [9.17, 15) is 14.7 Å². The number of hydrogen-bond donors (Lipinski definition) is 2. The van der Waals surface area contributed by atoms with E-state index in [0.717, 1.165) is 16.5 Å². The summed E-state index contributed by atoms with van der Waals surface area (Å²) in [6, 6.07) is 14.4. The largest absolute Gasteiger partial charge is 0.478 e. The van der Waals surface area contributed by atoms with E-state index in [1.165, 1.54) is 17.8 Å². The summed E-state index contributed by atoms with van der Waals surface area (Å²) in [6.07, 6.45) is 3.80. The third-order valence-corrected chi connectivity index (χ3v) is 5.13. The summed E-state index contributed by atoms with van der Waals surface area (Å²) in [4.78, 5) is 28.5. The number of aryl methyl sites for hydroxylation is 1. The minimum absolute atomic E-state index is 0.0892. The monoisotopic (exact) mass is 377 g/mol. The van der Waals surface area contributed by atoms with Crippen molar-refractivity contribution in [2.24, 2.45) is 12.0 Å². The highest BCUT2D eigenvalue weighted by Gasteiger charge is 2.25. The zero-order chi connectivity index (χ0) is 19.0. The number of rotatable bonds is 3. The Bertz CT molecular complexity index is 1140. The maximum absolute atomic E-state index is 12.3. The standard InChI is InChI=1S/C20H15N3O3S/c1-23-11-12(13-6-3-5-9-16(13)23)10-17-18(24)22-20(27-17)21-15-8-4-2-7-14(15)19(25)26/h2-11H,1H3,(H,25,26)(H,21,22,24). The Labute approximate surface area is 159 Å². The minimum atomic E-state index is -1.06. The molecule has 1 aliphatic rings. The summed E-state index contributed by atoms with van der Waals surface area (Å²) in [5, 5.41) is 13.4. The lowest BCUT2D eigenvalue weighted by Gasteiger charge is -2.00. The summed E-state index contributed by atoms with van der Waals surface area (Å²) in [6.45, 7) is 0. The van der Waals surface area contributed by atoms with Crippen LogP contribution in [0.5, 0.6) is 0 Å². The minimum Gasteiger partial charge on any atom is -0.478 e. The molecule has 1 aromatic heterocycles. The lowest BCUT2D eigenvalue weighted by molar-refractivity contribution is -0.115. The van der Waals surface area contributed by atoms with E-state index in [0.29, 0.717) is 15.8 Å². The molecule has 6 nitrogen and oxygen atoms in total. The first-order chi connectivity index (χ1) is 13.0. The number of nitrogens with zero attached hydrogens (tertiary/aromatic N) is 2. The van der Waals surface area contributed by atoms with Crippen molar-refractivity contribution in [2.75, 3.05) is 0 Å². The number of thioether (sulfide) groups is 1. The first-order valence-electron chi connectivity index (χ1n) is 8.19. The van der Waals surface area contributed by atoms with E-state index in [1.807, 2.05) is 48.2 Å². The first kappa shape index (κ1) is 17.1. The summed E-state index contributed by atoms with van der Waals surface area (Å²) in [5.74, 6) is -1.31. The molecule has 1 amide bonds. The van der Waals surface area contributed by atoms with E-state index >= 15 is 0 Å². The molecule has 1 aliphatic heterocycles. The Balaban J connectivity index is 1.69. The molecule has 27 heavy (non-hydrogen) atoms. The number of amidine groups is 1. The van der Waals surface area contributed by atoms with Crippen LogP contribution in [0.1, 0.15) is 15.9 Å². The van der Waals surface area contributed by atoms with Gasteiger partial charge in [-0.05, 0) is 36.0 Å². The molecule has 2 N–H and O–H groups in total. The molecule has 0 radical (unpaired) electrons. The number of aliphatic imine (C=N–C) groups is 1. The molecule has 2 aromatic carbocycles. The average Bonchev–Trinajstić information content (AvgIpc) is 3.16. The fourth-order valence-electron chi connectivity index (χ4n) is 2.97. The van der Waals surface area contributed by atoms with Crippen LogP contribution < -0.4 is 5.32 Å². The number of amides is 1. The normalized spacial score (nSPS) is 17.0. The molecule has 0 unspecified atom stereocenters. The van der Waals surface area contributed by atoms with Gasteiger partial charge in [0.25, 0.3) is 5.91 Å². The fourth-order valence-corrected chi connectivity index (χ4v) is 3.80. The van der Waals surface area contributed by atoms with Crippen LogP contribution in [0.4, 0.5) is 5.69 Å². The summed E-state index contributed by atoms with van der Waals surface area (Å²) < 4.78 is 2.01. The number of para-hydroxylation sites is 2. The van der Waals surface area contributed by atoms with Gasteiger partial charge in [0.2, 0.25) is 0 Å². The van der Waals surface area contributed by atoms with Crippen LogP contribution in [0.25, 0.3) is 17.0 Å². The SMILES string of the molecule is Cn1cc(C=C2SC(=Nc3ccccc3C(=O)O)NC2=O)c2ccccc21. The number of benzene rings is 2. The van der Waals surface area contributed by atoms with E-state index in [2.05, 4.69) is 10.3 Å². The topological polar surface area (TPSA) is 83.7 Å². The molecule has 2 heterocycles. The van der Waals surface area contributed by atoms with Crippen molar-refractivity contribution in [1.29, 1.82) is 0 Å². The Morgan fingerprint density at radius 1 is 1.19 bits per heavy atom. The zero-order valence-electron chi connectivity index (χ0n) is 14.3. The molecule has 0 spiro atoms. The van der Waals surface area contributed by atoms with Crippen LogP contribution in [0, 0.1) is 0 Å². The predicted molar refractivity (Wildman–Crippen MR) is 107 cm³/mol. The number of nitrogens with one attached hydrogen (secondary N) is 1. The van der Waals surface area contributed by atoms with Gasteiger partial charge in [-0.2, -0.15) is 0 Å². The van der Waals surface area contributed by atoms with Crippen molar-refractivity contribution in [2.45, 2.75) is 0 Å². The summed E-state index contributed by atoms with van der Waals surface area (Å²) in [5.41, 5.74) is 2.42. The molecule has 134 valence electrons. The smallest absolute Gasteiger partial charge is 0.337 e. The Morgan fingerprint density at radius 2 is 1.93 bits per heavy atom. The Morgan fingerprint density at radius 3 is 2.74 bits per heavy atom. The van der Waals surface area contributed by atoms with E-state index in [1.54, 1.807) is 18.2 Å². The van der Waals surface area contributed by atoms with Crippen molar-refractivity contribution in [1.82, 2.24) is 9.88 Å². The van der Waals surface area contributed by atoms with Gasteiger partial charge in [-0.15, -0.1) is 0 Å². The molecule has 3 aromatic rings. The molecule has 0 aliphatic carbocycles. The van der Waals surface area contributed by atoms with Gasteiger partial charge in [0.15, 0.2) is 5.17 Å². The summed E-state index contributed by atoms with van der Waals surface area (Å²) in [7, 11) is 1.96. The van der Waals surface area contributed by atoms with E-state index < -0.39 is 5.97 Å². The Kier molecular flexibility index (Phi) is 4.29. The molecule has 4 rings (SSSR count). The Hall–Kier alpha value is -3.32. The lowest BCUT2D eigenvalue weighted by atomic mass is 10.1. The predicted octanol–water partition coefficient (Wildman–Crippen LogP) is 3.77. The maximum Gasteiger partial charge on any atom is 0.337 e. The molecule has 0 saturated carbocycles. The van der Waals surface area contributed by atoms with Crippen molar-refractivity contribution in [3.63, 3.8) is 0 Å². The zero-order valence-corrected chi connectivity index (χ0v) is 15.2. The second kappa shape index (κ2) is 6.77. The van der Waals surface area contributed by atoms with Gasteiger partial charge in [0.1, 0.15) is 0 Å². The highest BCUT2D eigenvalue weighted by molar-refractivity contribution is 8.18. The molecule has 1 fully saturated rings. The van der Waals surface area contributed by atoms with Crippen molar-refractivity contribution < 1.29 is 14.7 Å². The highest BCUT2D eigenvalue weighted by Crippen LogP contribution is 2.31. The van der Waals surface area contributed by atoms with Gasteiger partial charge in [0.05, 0.1) is 16.2 Å². The number of carbonyl (C=O) groups is 2. The highest BCUT2D eigenvalue weighted by atomic mass is 32.2. The second-order valence-corrected chi connectivity index (χ2v) is 7.05. The van der Waals surface area contributed by atoms with Gasteiger partial charge < -0.3 is 15.0 Å². The lowest BCUT2D eigenvalue weighted by Crippen LogP contribution is -2.19. The van der Waals surface area contributed by atoms with Crippen LogP contribution in [-0.2, 0) is 11.8 Å². The van der Waals surface area contributed by atoms with Crippen molar-refractivity contribution >= 4 is 51.5 Å². The molecule has 1 saturated heterocycles. The third-order valence-electron chi connectivity index (χ3n) is 4.22. The first-order valence-corrected chi connectivity index (χ1v) is 9.00. The van der Waals surface area contributed by atoms with Crippen LogP contribution in [0.2, 0.25) is 0 Å². The van der Waals surface area contributed by atoms with Gasteiger partial charge in [-0.3, -0.25) is 4.79 Å². The molecule has 0 atom stereocenters. The molecule has 0 bridgehead atoms. The number of carbonyl (C=O) groups excluding carboxylic acids is 1. The van der Waals surface area contributed by atoms with Crippen molar-refractivity contribution in [3.8, 4) is 0 Å². The van der Waals surface area contributed by atoms with E-state index in [-0.39, 0.29) is 11.5 Å². The maximum atomic E-state index is 12.3. The molecular weight excluding hydrogens is 362 g/mol. The number of carboxylic acid groups (broad SMARTS) is 1. The number of fused-ring (bicyclic) bond motifs is 1. The molecule has 7 heteroatoms. The quantitative estimate of drug-likeness (QED) is 0.681. The van der Waals surface area contributed by atoms with Gasteiger partial charge in [-0.1, -0.05) is 30.3 Å². The van der Waals surface area contributed by atoms with Crippen LogP contribution in [0.3, 0.4) is 0 Å².